The molecule has 0 spiro atoms. The van der Waals surface area contributed by atoms with Gasteiger partial charge in [0, 0.05) is 34.5 Å². The monoisotopic (exact) mass is 446 g/mol. The van der Waals surface area contributed by atoms with Gasteiger partial charge in [-0.1, -0.05) is 77.8 Å². The molecule has 3 nitrogen and oxygen atoms in total. The third-order valence-electron chi connectivity index (χ3n) is 5.10. The second kappa shape index (κ2) is 9.90. The summed E-state index contributed by atoms with van der Waals surface area (Å²) >= 11 is 7.54. The number of carbonyl (C=O) groups excluding carboxylic acids is 1. The van der Waals surface area contributed by atoms with Gasteiger partial charge in [-0.2, -0.15) is 0 Å². The fraction of sp³-hybridized carbons (Fsp3) is 0.154. The molecule has 0 aliphatic carbocycles. The normalized spacial score (nSPS) is 10.8. The molecule has 0 unspecified atom stereocenters. The number of aryl methyl sites for hydroxylation is 2. The molecule has 0 bridgehead atoms. The summed E-state index contributed by atoms with van der Waals surface area (Å²) in [5.74, 6) is 0.0432. The highest BCUT2D eigenvalue weighted by Crippen LogP contribution is 2.29. The van der Waals surface area contributed by atoms with E-state index >= 15 is 0 Å². The Morgan fingerprint density at radius 1 is 0.903 bits per heavy atom. The van der Waals surface area contributed by atoms with Crippen molar-refractivity contribution in [2.75, 3.05) is 0 Å². The van der Waals surface area contributed by atoms with E-state index in [0.717, 1.165) is 33.0 Å². The van der Waals surface area contributed by atoms with Crippen LogP contribution in [0.15, 0.2) is 78.2 Å². The summed E-state index contributed by atoms with van der Waals surface area (Å²) in [5, 5.41) is 6.79. The molecule has 0 saturated heterocycles. The van der Waals surface area contributed by atoms with Crippen molar-refractivity contribution in [1.82, 2.24) is 10.3 Å². The number of carbonyl (C=O) groups is 1. The summed E-state index contributed by atoms with van der Waals surface area (Å²) in [6.07, 6.45) is 1.16. The number of rotatable bonds is 7. The van der Waals surface area contributed by atoms with Crippen molar-refractivity contribution < 1.29 is 4.79 Å². The van der Waals surface area contributed by atoms with E-state index < -0.39 is 0 Å². The molecule has 1 N–H and O–H groups in total. The lowest BCUT2D eigenvalue weighted by Gasteiger charge is -2.06. The van der Waals surface area contributed by atoms with Gasteiger partial charge in [0.05, 0.1) is 5.69 Å². The van der Waals surface area contributed by atoms with Crippen molar-refractivity contribution in [2.45, 2.75) is 26.3 Å². The molecule has 4 aromatic rings. The van der Waals surface area contributed by atoms with Gasteiger partial charge in [0.2, 0.25) is 5.91 Å². The van der Waals surface area contributed by atoms with Crippen LogP contribution in [-0.4, -0.2) is 10.9 Å². The topological polar surface area (TPSA) is 42.0 Å². The molecule has 1 amide bonds. The Bertz CT molecular complexity index is 1150. The predicted molar refractivity (Wildman–Crippen MR) is 129 cm³/mol. The Balaban J connectivity index is 1.30. The molecule has 0 atom stereocenters. The van der Waals surface area contributed by atoms with Crippen LogP contribution < -0.4 is 5.32 Å². The molecule has 0 saturated carbocycles. The molecule has 31 heavy (non-hydrogen) atoms. The van der Waals surface area contributed by atoms with Crippen molar-refractivity contribution in [3.05, 3.63) is 99.9 Å². The Labute approximate surface area is 191 Å². The lowest BCUT2D eigenvalue weighted by atomic mass is 10.1. The minimum Gasteiger partial charge on any atom is -0.352 e. The van der Waals surface area contributed by atoms with Gasteiger partial charge in [-0.3, -0.25) is 4.79 Å². The average Bonchev–Trinajstić information content (AvgIpc) is 3.28. The summed E-state index contributed by atoms with van der Waals surface area (Å²) < 4.78 is 0. The van der Waals surface area contributed by atoms with E-state index in [1.165, 1.54) is 5.56 Å². The van der Waals surface area contributed by atoms with Crippen LogP contribution in [0.25, 0.3) is 21.8 Å². The molecule has 3 aromatic carbocycles. The van der Waals surface area contributed by atoms with Crippen LogP contribution in [0.4, 0.5) is 0 Å². The molecular formula is C26H23ClN2OS. The Kier molecular flexibility index (Phi) is 6.80. The number of benzene rings is 3. The summed E-state index contributed by atoms with van der Waals surface area (Å²) in [7, 11) is 0. The van der Waals surface area contributed by atoms with Crippen LogP contribution >= 0.6 is 22.9 Å². The fourth-order valence-electron chi connectivity index (χ4n) is 3.23. The predicted octanol–water partition coefficient (Wildman–Crippen LogP) is 6.69. The number of halogens is 1. The maximum absolute atomic E-state index is 12.2. The molecule has 1 aromatic heterocycles. The highest BCUT2D eigenvalue weighted by molar-refractivity contribution is 7.13. The Morgan fingerprint density at radius 3 is 2.26 bits per heavy atom. The van der Waals surface area contributed by atoms with Crippen LogP contribution in [0.2, 0.25) is 5.02 Å². The molecule has 5 heteroatoms. The van der Waals surface area contributed by atoms with Gasteiger partial charge in [0.15, 0.2) is 0 Å². The van der Waals surface area contributed by atoms with Gasteiger partial charge in [-0.15, -0.1) is 11.3 Å². The number of nitrogens with one attached hydrogen (secondary N) is 1. The van der Waals surface area contributed by atoms with E-state index in [4.69, 9.17) is 16.6 Å². The van der Waals surface area contributed by atoms with Crippen molar-refractivity contribution in [3.63, 3.8) is 0 Å². The van der Waals surface area contributed by atoms with E-state index in [1.54, 1.807) is 11.3 Å². The highest BCUT2D eigenvalue weighted by atomic mass is 35.5. The Morgan fingerprint density at radius 2 is 1.55 bits per heavy atom. The van der Waals surface area contributed by atoms with Gasteiger partial charge in [-0.05, 0) is 36.6 Å². The Hall–Kier alpha value is -2.95. The number of amides is 1. The third kappa shape index (κ3) is 5.81. The zero-order valence-corrected chi connectivity index (χ0v) is 18.8. The van der Waals surface area contributed by atoms with Gasteiger partial charge < -0.3 is 5.32 Å². The number of aromatic nitrogens is 1. The minimum absolute atomic E-state index is 0.0432. The summed E-state index contributed by atoms with van der Waals surface area (Å²) in [6, 6.07) is 24.2. The molecule has 0 aliphatic heterocycles. The first kappa shape index (κ1) is 21.3. The maximum Gasteiger partial charge on any atom is 0.220 e. The number of hydrogen-bond donors (Lipinski definition) is 1. The third-order valence-corrected chi connectivity index (χ3v) is 6.24. The van der Waals surface area contributed by atoms with Crippen LogP contribution in [0.3, 0.4) is 0 Å². The summed E-state index contributed by atoms with van der Waals surface area (Å²) in [4.78, 5) is 16.9. The minimum atomic E-state index is 0.0432. The van der Waals surface area contributed by atoms with Gasteiger partial charge in [0.1, 0.15) is 5.01 Å². The van der Waals surface area contributed by atoms with Crippen molar-refractivity contribution in [3.8, 4) is 21.8 Å². The van der Waals surface area contributed by atoms with Gasteiger partial charge in [-0.25, -0.2) is 4.98 Å². The maximum atomic E-state index is 12.2. The molecule has 0 fully saturated rings. The van der Waals surface area contributed by atoms with Crippen LogP contribution in [0, 0.1) is 6.92 Å². The first-order valence-electron chi connectivity index (χ1n) is 10.2. The zero-order chi connectivity index (χ0) is 21.6. The van der Waals surface area contributed by atoms with Gasteiger partial charge >= 0.3 is 0 Å². The number of hydrogen-bond acceptors (Lipinski definition) is 3. The first-order valence-corrected chi connectivity index (χ1v) is 11.5. The standard InChI is InChI=1S/C26H23ClN2OS/c1-18-2-9-21(10-3-18)24-17-31-26(29-24)22-11-4-20(5-12-22)16-28-25(30)15-8-19-6-13-23(27)14-7-19/h2-7,9-14,17H,8,15-16H2,1H3,(H,28,30). The van der Waals surface area contributed by atoms with E-state index in [0.29, 0.717) is 24.4 Å². The van der Waals surface area contributed by atoms with Crippen molar-refractivity contribution in [2.24, 2.45) is 0 Å². The second-order valence-electron chi connectivity index (χ2n) is 7.50. The molecular weight excluding hydrogens is 424 g/mol. The number of nitrogens with zero attached hydrogens (tertiary/aromatic N) is 1. The van der Waals surface area contributed by atoms with Gasteiger partial charge in [0.25, 0.3) is 0 Å². The second-order valence-corrected chi connectivity index (χ2v) is 8.80. The van der Waals surface area contributed by atoms with E-state index in [1.807, 2.05) is 36.4 Å². The van der Waals surface area contributed by atoms with E-state index in [2.05, 4.69) is 54.0 Å². The summed E-state index contributed by atoms with van der Waals surface area (Å²) in [6.45, 7) is 2.60. The van der Waals surface area contributed by atoms with Crippen molar-refractivity contribution in [1.29, 1.82) is 0 Å². The fourth-order valence-corrected chi connectivity index (χ4v) is 4.19. The SMILES string of the molecule is Cc1ccc(-c2csc(-c3ccc(CNC(=O)CCc4ccc(Cl)cc4)cc3)n2)cc1. The van der Waals surface area contributed by atoms with Crippen LogP contribution in [-0.2, 0) is 17.8 Å². The molecule has 4 rings (SSSR count). The quantitative estimate of drug-likeness (QED) is 0.343. The summed E-state index contributed by atoms with van der Waals surface area (Å²) in [5.41, 5.74) is 6.63. The first-order chi connectivity index (χ1) is 15.1. The van der Waals surface area contributed by atoms with Crippen LogP contribution in [0.1, 0.15) is 23.1 Å². The average molecular weight is 447 g/mol. The molecule has 0 radical (unpaired) electrons. The lowest BCUT2D eigenvalue weighted by Crippen LogP contribution is -2.22. The van der Waals surface area contributed by atoms with E-state index in [-0.39, 0.29) is 5.91 Å². The molecule has 156 valence electrons. The zero-order valence-electron chi connectivity index (χ0n) is 17.3. The van der Waals surface area contributed by atoms with Crippen LogP contribution in [0.5, 0.6) is 0 Å². The largest absolute Gasteiger partial charge is 0.352 e. The smallest absolute Gasteiger partial charge is 0.220 e. The number of thiazole rings is 1. The molecule has 1 heterocycles. The van der Waals surface area contributed by atoms with E-state index in [9.17, 15) is 4.79 Å². The highest BCUT2D eigenvalue weighted by Gasteiger charge is 2.08. The molecule has 0 aliphatic rings. The lowest BCUT2D eigenvalue weighted by molar-refractivity contribution is -0.121. The van der Waals surface area contributed by atoms with Crippen molar-refractivity contribution >= 4 is 28.8 Å².